The summed E-state index contributed by atoms with van der Waals surface area (Å²) in [5, 5.41) is 5.69. The predicted molar refractivity (Wildman–Crippen MR) is 192 cm³/mol. The zero-order chi connectivity index (χ0) is 35.3. The first-order valence-corrected chi connectivity index (χ1v) is 18.0. The van der Waals surface area contributed by atoms with Crippen molar-refractivity contribution in [1.29, 1.82) is 0 Å². The van der Waals surface area contributed by atoms with Crippen molar-refractivity contribution in [2.45, 2.75) is 129 Å². The molecule has 4 rings (SSSR count). The van der Waals surface area contributed by atoms with Crippen LogP contribution in [0, 0.1) is 24.6 Å². The van der Waals surface area contributed by atoms with E-state index in [0.29, 0.717) is 24.8 Å². The molecule has 2 aliphatic carbocycles. The van der Waals surface area contributed by atoms with Crippen LogP contribution in [0.15, 0.2) is 48.5 Å². The summed E-state index contributed by atoms with van der Waals surface area (Å²) in [6.45, 7) is 6.45. The lowest BCUT2D eigenvalue weighted by molar-refractivity contribution is -0.134. The summed E-state index contributed by atoms with van der Waals surface area (Å²) in [6, 6.07) is 13.3. The number of carbonyl (C=O) groups excluding carboxylic acids is 2. The summed E-state index contributed by atoms with van der Waals surface area (Å²) in [5.41, 5.74) is 15.3. The van der Waals surface area contributed by atoms with Gasteiger partial charge in [-0.1, -0.05) is 108 Å². The number of methoxy groups -OCH3 is 1. The topological polar surface area (TPSA) is 155 Å². The maximum absolute atomic E-state index is 12.9. The number of aryl methyl sites for hydroxylation is 1. The van der Waals surface area contributed by atoms with Crippen LogP contribution in [0.5, 0.6) is 0 Å². The highest BCUT2D eigenvalue weighted by Crippen LogP contribution is 2.29. The zero-order valence-corrected chi connectivity index (χ0v) is 29.7. The molecule has 2 fully saturated rings. The Morgan fingerprint density at radius 3 is 1.77 bits per heavy atom. The molecule has 4 atom stereocenters. The molecule has 0 saturated heterocycles. The molecule has 48 heavy (non-hydrogen) atoms. The fraction of sp³-hybridized carbons (Fsp3) is 0.632. The molecular formula is C38H62FN5O4. The SMILES string of the molecule is CC.COC(C(=O)Nc1ccc(C)cc1)C(N)CC1CCCCC1.NOC(C(=O)NCCc1ccc(F)cc1)C(N)CC1CCCCC1. The third kappa shape index (κ3) is 15.1. The molecule has 0 heterocycles. The van der Waals surface area contributed by atoms with Gasteiger partial charge in [0.2, 0.25) is 0 Å². The standard InChI is InChI=1S/C18H28FN3O2.C18H28N2O2.C2H6/c19-15-8-6-13(7-9-15)10-11-22-18(23)17(24-21)16(20)12-14-4-2-1-3-5-14;1-13-8-10-15(11-9-13)20-18(21)17(22-2)16(19)12-14-6-4-3-5-7-14;1-2/h6-9,14,16-17H,1-5,10-12,20-21H2,(H,22,23);8-11,14,16-17H,3-7,12,19H2,1-2H3,(H,20,21);1-2H3. The van der Waals surface area contributed by atoms with Gasteiger partial charge in [0.15, 0.2) is 12.2 Å². The number of carbonyl (C=O) groups is 2. The minimum Gasteiger partial charge on any atom is -0.370 e. The number of halogens is 1. The number of ether oxygens (including phenoxy) is 1. The number of nitrogens with two attached hydrogens (primary N) is 3. The molecule has 2 aliphatic rings. The minimum absolute atomic E-state index is 0.158. The lowest BCUT2D eigenvalue weighted by Crippen LogP contribution is -2.50. The Kier molecular flexibility index (Phi) is 20.2. The van der Waals surface area contributed by atoms with E-state index in [9.17, 15) is 14.0 Å². The van der Waals surface area contributed by atoms with E-state index in [1.165, 1.54) is 63.5 Å². The van der Waals surface area contributed by atoms with Gasteiger partial charge in [-0.15, -0.1) is 0 Å². The molecule has 2 amide bonds. The number of amides is 2. The molecule has 8 N–H and O–H groups in total. The van der Waals surface area contributed by atoms with Crippen LogP contribution < -0.4 is 28.0 Å². The predicted octanol–water partition coefficient (Wildman–Crippen LogP) is 6.31. The van der Waals surface area contributed by atoms with E-state index in [4.69, 9.17) is 26.9 Å². The van der Waals surface area contributed by atoms with Gasteiger partial charge in [-0.2, -0.15) is 0 Å². The first kappa shape index (κ1) is 41.3. The average molecular weight is 672 g/mol. The normalized spacial score (nSPS) is 17.8. The molecular weight excluding hydrogens is 609 g/mol. The second kappa shape index (κ2) is 23.5. The van der Waals surface area contributed by atoms with E-state index >= 15 is 0 Å². The van der Waals surface area contributed by atoms with Crippen molar-refractivity contribution < 1.29 is 23.6 Å². The zero-order valence-electron chi connectivity index (χ0n) is 29.7. The fourth-order valence-electron chi connectivity index (χ4n) is 6.63. The third-order valence-electron chi connectivity index (χ3n) is 9.30. The van der Waals surface area contributed by atoms with Gasteiger partial charge in [0, 0.05) is 31.4 Å². The first-order valence-electron chi connectivity index (χ1n) is 18.0. The van der Waals surface area contributed by atoms with E-state index in [-0.39, 0.29) is 23.7 Å². The van der Waals surface area contributed by atoms with Gasteiger partial charge in [0.1, 0.15) is 5.82 Å². The molecule has 4 unspecified atom stereocenters. The number of benzene rings is 2. The molecule has 270 valence electrons. The lowest BCUT2D eigenvalue weighted by Gasteiger charge is -2.28. The van der Waals surface area contributed by atoms with Crippen molar-refractivity contribution in [2.24, 2.45) is 29.2 Å². The van der Waals surface area contributed by atoms with Gasteiger partial charge >= 0.3 is 0 Å². The van der Waals surface area contributed by atoms with Crippen molar-refractivity contribution in [3.05, 3.63) is 65.5 Å². The Hall–Kier alpha value is -2.89. The monoisotopic (exact) mass is 671 g/mol. The van der Waals surface area contributed by atoms with E-state index in [0.717, 1.165) is 42.5 Å². The molecule has 0 radical (unpaired) electrons. The Balaban J connectivity index is 0.000000318. The van der Waals surface area contributed by atoms with Gasteiger partial charge in [0.25, 0.3) is 11.8 Å². The molecule has 10 heteroatoms. The van der Waals surface area contributed by atoms with Gasteiger partial charge in [-0.05, 0) is 67.9 Å². The van der Waals surface area contributed by atoms with Crippen LogP contribution in [0.3, 0.4) is 0 Å². The molecule has 2 saturated carbocycles. The Labute approximate surface area is 288 Å². The van der Waals surface area contributed by atoms with Crippen molar-refractivity contribution >= 4 is 17.5 Å². The van der Waals surface area contributed by atoms with Crippen LogP contribution in [0.1, 0.15) is 102 Å². The smallest absolute Gasteiger partial charge is 0.255 e. The highest BCUT2D eigenvalue weighted by atomic mass is 19.1. The second-order valence-corrected chi connectivity index (χ2v) is 13.0. The van der Waals surface area contributed by atoms with E-state index < -0.39 is 18.2 Å². The Morgan fingerprint density at radius 1 is 0.792 bits per heavy atom. The summed E-state index contributed by atoms with van der Waals surface area (Å²) < 4.78 is 18.2. The highest BCUT2D eigenvalue weighted by Gasteiger charge is 2.30. The number of rotatable bonds is 14. The largest absolute Gasteiger partial charge is 0.370 e. The van der Waals surface area contributed by atoms with Gasteiger partial charge < -0.3 is 26.8 Å². The van der Waals surface area contributed by atoms with Crippen molar-refractivity contribution in [1.82, 2.24) is 5.32 Å². The van der Waals surface area contributed by atoms with Crippen LogP contribution in [-0.4, -0.2) is 49.8 Å². The number of hydrogen-bond acceptors (Lipinski definition) is 7. The Morgan fingerprint density at radius 2 is 1.29 bits per heavy atom. The Bertz CT molecular complexity index is 1150. The molecule has 0 aliphatic heterocycles. The maximum atomic E-state index is 12.9. The molecule has 9 nitrogen and oxygen atoms in total. The van der Waals surface area contributed by atoms with Crippen LogP contribution in [0.2, 0.25) is 0 Å². The van der Waals surface area contributed by atoms with E-state index in [2.05, 4.69) is 10.6 Å². The number of hydrogen-bond donors (Lipinski definition) is 5. The summed E-state index contributed by atoms with van der Waals surface area (Å²) >= 11 is 0. The van der Waals surface area contributed by atoms with Gasteiger partial charge in [-0.3, -0.25) is 14.4 Å². The van der Waals surface area contributed by atoms with Crippen LogP contribution in [0.4, 0.5) is 10.1 Å². The van der Waals surface area contributed by atoms with Crippen LogP contribution in [0.25, 0.3) is 0 Å². The van der Waals surface area contributed by atoms with Crippen molar-refractivity contribution in [3.8, 4) is 0 Å². The van der Waals surface area contributed by atoms with Crippen molar-refractivity contribution in [2.75, 3.05) is 19.0 Å². The summed E-state index contributed by atoms with van der Waals surface area (Å²) in [6.07, 6.45) is 13.2. The molecule has 0 bridgehead atoms. The summed E-state index contributed by atoms with van der Waals surface area (Å²) in [5.74, 6) is 5.77. The molecule has 2 aromatic carbocycles. The molecule has 2 aromatic rings. The minimum atomic E-state index is -0.833. The maximum Gasteiger partial charge on any atom is 0.255 e. The van der Waals surface area contributed by atoms with Crippen LogP contribution >= 0.6 is 0 Å². The highest BCUT2D eigenvalue weighted by molar-refractivity contribution is 5.94. The van der Waals surface area contributed by atoms with Crippen LogP contribution in [-0.2, 0) is 25.6 Å². The average Bonchev–Trinajstić information content (AvgIpc) is 3.09. The number of anilines is 1. The summed E-state index contributed by atoms with van der Waals surface area (Å²) in [4.78, 5) is 29.5. The third-order valence-corrected chi connectivity index (χ3v) is 9.30. The van der Waals surface area contributed by atoms with Crippen molar-refractivity contribution in [3.63, 3.8) is 0 Å². The van der Waals surface area contributed by atoms with Gasteiger partial charge in [0.05, 0.1) is 0 Å². The first-order chi connectivity index (χ1) is 23.2. The lowest BCUT2D eigenvalue weighted by atomic mass is 9.84. The summed E-state index contributed by atoms with van der Waals surface area (Å²) in [7, 11) is 1.56. The fourth-order valence-corrected chi connectivity index (χ4v) is 6.63. The van der Waals surface area contributed by atoms with E-state index in [1.807, 2.05) is 45.0 Å². The van der Waals surface area contributed by atoms with Gasteiger partial charge in [-0.25, -0.2) is 10.3 Å². The van der Waals surface area contributed by atoms with E-state index in [1.54, 1.807) is 19.2 Å². The second-order valence-electron chi connectivity index (χ2n) is 13.0. The quantitative estimate of drug-likeness (QED) is 0.147. The molecule has 0 spiro atoms. The molecule has 0 aromatic heterocycles. The number of nitrogens with one attached hydrogen (secondary N) is 2.